The van der Waals surface area contributed by atoms with Gasteiger partial charge in [-0.25, -0.2) is 0 Å². The Balaban J connectivity index is 2.36. The molecule has 0 bridgehead atoms. The average Bonchev–Trinajstić information content (AvgIpc) is 2.75. The summed E-state index contributed by atoms with van der Waals surface area (Å²) >= 11 is 10.9. The second kappa shape index (κ2) is 5.39. The summed E-state index contributed by atoms with van der Waals surface area (Å²) in [7, 11) is 0. The number of hydrogen-bond acceptors (Lipinski definition) is 2. The van der Waals surface area contributed by atoms with E-state index in [1.807, 2.05) is 12.1 Å². The van der Waals surface area contributed by atoms with E-state index >= 15 is 0 Å². The number of carbonyl (C=O) groups excluding carboxylic acids is 1. The smallest absolute Gasteiger partial charge is 0.203 e. The van der Waals surface area contributed by atoms with Crippen molar-refractivity contribution in [3.63, 3.8) is 0 Å². The van der Waals surface area contributed by atoms with Crippen molar-refractivity contribution >= 4 is 44.7 Å². The van der Waals surface area contributed by atoms with Gasteiger partial charge in [-0.1, -0.05) is 48.3 Å². The Morgan fingerprint density at radius 3 is 2.42 bits per heavy atom. The van der Waals surface area contributed by atoms with Gasteiger partial charge < -0.3 is 0 Å². The van der Waals surface area contributed by atoms with Crippen LogP contribution in [0.2, 0.25) is 5.02 Å². The first-order valence-electron chi connectivity index (χ1n) is 5.88. The lowest BCUT2D eigenvalue weighted by molar-refractivity contribution is 0.104. The van der Waals surface area contributed by atoms with Crippen LogP contribution in [0.4, 0.5) is 0 Å². The molecule has 4 heteroatoms. The highest BCUT2D eigenvalue weighted by Gasteiger charge is 2.19. The number of ketones is 1. The van der Waals surface area contributed by atoms with Gasteiger partial charge in [-0.15, -0.1) is 11.3 Å². The Kier molecular flexibility index (Phi) is 4.19. The molecule has 19 heavy (non-hydrogen) atoms. The molecule has 0 fully saturated rings. The number of rotatable bonds is 2. The molecule has 1 heterocycles. The van der Waals surface area contributed by atoms with Gasteiger partial charge in [0.1, 0.15) is 0 Å². The van der Waals surface area contributed by atoms with E-state index in [9.17, 15) is 4.79 Å². The second-order valence-corrected chi connectivity index (χ2v) is 7.84. The van der Waals surface area contributed by atoms with E-state index in [2.05, 4.69) is 36.7 Å². The van der Waals surface area contributed by atoms with Crippen LogP contribution in [0.5, 0.6) is 0 Å². The molecule has 0 unspecified atom stereocenters. The van der Waals surface area contributed by atoms with Crippen molar-refractivity contribution in [3.8, 4) is 0 Å². The molecule has 0 aliphatic heterocycles. The molecular formula is C15H14BrClOS. The van der Waals surface area contributed by atoms with Gasteiger partial charge in [0.2, 0.25) is 5.78 Å². The fourth-order valence-electron chi connectivity index (χ4n) is 1.69. The molecule has 2 rings (SSSR count). The molecule has 1 aromatic carbocycles. The monoisotopic (exact) mass is 356 g/mol. The lowest BCUT2D eigenvalue weighted by Gasteiger charge is -2.15. The van der Waals surface area contributed by atoms with Crippen molar-refractivity contribution in [1.29, 1.82) is 0 Å². The zero-order valence-corrected chi connectivity index (χ0v) is 14.1. The molecule has 0 saturated carbocycles. The van der Waals surface area contributed by atoms with E-state index < -0.39 is 0 Å². The minimum atomic E-state index is 0.0173. The van der Waals surface area contributed by atoms with E-state index in [4.69, 9.17) is 11.6 Å². The first-order valence-corrected chi connectivity index (χ1v) is 7.87. The predicted octanol–water partition coefficient (Wildman–Crippen LogP) is 5.69. The molecule has 1 nitrogen and oxygen atoms in total. The van der Waals surface area contributed by atoms with Crippen LogP contribution in [0.25, 0.3) is 0 Å². The van der Waals surface area contributed by atoms with Gasteiger partial charge in [-0.2, -0.15) is 0 Å². The van der Waals surface area contributed by atoms with Gasteiger partial charge in [-0.05, 0) is 35.7 Å². The van der Waals surface area contributed by atoms with Gasteiger partial charge in [-0.3, -0.25) is 4.79 Å². The Bertz CT molecular complexity index is 605. The zero-order chi connectivity index (χ0) is 14.2. The largest absolute Gasteiger partial charge is 0.288 e. The van der Waals surface area contributed by atoms with Crippen molar-refractivity contribution in [1.82, 2.24) is 0 Å². The van der Waals surface area contributed by atoms with Crippen LogP contribution in [0.15, 0.2) is 34.8 Å². The Labute approximate surface area is 130 Å². The second-order valence-electron chi connectivity index (χ2n) is 5.40. The van der Waals surface area contributed by atoms with E-state index in [0.717, 1.165) is 9.35 Å². The molecule has 0 aliphatic rings. The summed E-state index contributed by atoms with van der Waals surface area (Å²) in [5.41, 5.74) is 0.680. The van der Waals surface area contributed by atoms with Crippen molar-refractivity contribution in [2.24, 2.45) is 0 Å². The third kappa shape index (κ3) is 3.47. The van der Waals surface area contributed by atoms with Crippen LogP contribution < -0.4 is 0 Å². The van der Waals surface area contributed by atoms with Gasteiger partial charge >= 0.3 is 0 Å². The Morgan fingerprint density at radius 2 is 1.89 bits per heavy atom. The highest BCUT2D eigenvalue weighted by Crippen LogP contribution is 2.31. The van der Waals surface area contributed by atoms with Crippen LogP contribution in [0.3, 0.4) is 0 Å². The molecule has 0 radical (unpaired) electrons. The SMILES string of the molecule is CC(C)(C)c1ccc(C(=O)c2cc(Cl)cc(Br)c2)s1. The molecule has 100 valence electrons. The standard InChI is InChI=1S/C15H14BrClOS/c1-15(2,3)13-5-4-12(19-13)14(18)9-6-10(16)8-11(17)7-9/h4-8H,1-3H3. The molecule has 0 N–H and O–H groups in total. The summed E-state index contributed by atoms with van der Waals surface area (Å²) in [6, 6.07) is 9.18. The van der Waals surface area contributed by atoms with Gasteiger partial charge in [0.05, 0.1) is 4.88 Å². The van der Waals surface area contributed by atoms with Gasteiger partial charge in [0.25, 0.3) is 0 Å². The molecule has 0 atom stereocenters. The highest BCUT2D eigenvalue weighted by atomic mass is 79.9. The highest BCUT2D eigenvalue weighted by molar-refractivity contribution is 9.10. The molecule has 2 aromatic rings. The maximum atomic E-state index is 12.4. The quantitative estimate of drug-likeness (QED) is 0.631. The third-order valence-electron chi connectivity index (χ3n) is 2.69. The Hall–Kier alpha value is -0.640. The maximum absolute atomic E-state index is 12.4. The van der Waals surface area contributed by atoms with E-state index in [0.29, 0.717) is 10.6 Å². The predicted molar refractivity (Wildman–Crippen MR) is 85.6 cm³/mol. The van der Waals surface area contributed by atoms with E-state index in [1.165, 1.54) is 4.88 Å². The van der Waals surface area contributed by atoms with Crippen LogP contribution in [-0.2, 0) is 5.41 Å². The lowest BCUT2D eigenvalue weighted by Crippen LogP contribution is -2.08. The molecule has 1 aromatic heterocycles. The first-order chi connectivity index (χ1) is 8.77. The molecule has 0 aliphatic carbocycles. The number of carbonyl (C=O) groups is 1. The third-order valence-corrected chi connectivity index (χ3v) is 4.88. The summed E-state index contributed by atoms with van der Waals surface area (Å²) in [6.45, 7) is 6.43. The maximum Gasteiger partial charge on any atom is 0.203 e. The number of hydrogen-bond donors (Lipinski definition) is 0. The lowest BCUT2D eigenvalue weighted by atomic mass is 9.95. The molecule has 0 amide bonds. The summed E-state index contributed by atoms with van der Waals surface area (Å²) in [6.07, 6.45) is 0. The minimum Gasteiger partial charge on any atom is -0.288 e. The van der Waals surface area contributed by atoms with Crippen molar-refractivity contribution < 1.29 is 4.79 Å². The van der Waals surface area contributed by atoms with Gasteiger partial charge in [0, 0.05) is 19.9 Å². The number of halogens is 2. The number of benzene rings is 1. The molecular weight excluding hydrogens is 344 g/mol. The molecule has 0 saturated heterocycles. The average molecular weight is 358 g/mol. The van der Waals surface area contributed by atoms with Crippen LogP contribution >= 0.6 is 38.9 Å². The van der Waals surface area contributed by atoms with Crippen LogP contribution in [-0.4, -0.2) is 5.78 Å². The normalized spacial score (nSPS) is 11.6. The fourth-order valence-corrected chi connectivity index (χ4v) is 3.58. The fraction of sp³-hybridized carbons (Fsp3) is 0.267. The van der Waals surface area contributed by atoms with Crippen LogP contribution in [0.1, 0.15) is 40.9 Å². The first kappa shape index (κ1) is 14.8. The van der Waals surface area contributed by atoms with E-state index in [1.54, 1.807) is 29.5 Å². The summed E-state index contributed by atoms with van der Waals surface area (Å²) in [5.74, 6) is 0.0173. The summed E-state index contributed by atoms with van der Waals surface area (Å²) < 4.78 is 0.816. The Morgan fingerprint density at radius 1 is 1.21 bits per heavy atom. The number of thiophene rings is 1. The van der Waals surface area contributed by atoms with Crippen molar-refractivity contribution in [3.05, 3.63) is 55.1 Å². The summed E-state index contributed by atoms with van der Waals surface area (Å²) in [4.78, 5) is 14.4. The van der Waals surface area contributed by atoms with Gasteiger partial charge in [0.15, 0.2) is 0 Å². The topological polar surface area (TPSA) is 17.1 Å². The van der Waals surface area contributed by atoms with Crippen molar-refractivity contribution in [2.75, 3.05) is 0 Å². The van der Waals surface area contributed by atoms with E-state index in [-0.39, 0.29) is 11.2 Å². The zero-order valence-electron chi connectivity index (χ0n) is 11.0. The minimum absolute atomic E-state index is 0.0173. The van der Waals surface area contributed by atoms with Crippen LogP contribution in [0, 0.1) is 0 Å². The molecule has 0 spiro atoms. The summed E-state index contributed by atoms with van der Waals surface area (Å²) in [5, 5.41) is 0.560. The van der Waals surface area contributed by atoms with Crippen molar-refractivity contribution in [2.45, 2.75) is 26.2 Å².